The standard InChI is InChI=1S/C33H43N5/c1-9-19(3)14-21(5)25-15-22(6)29(23(7)16-25)27-12-11-13-28-31(27)37-33(38-32(28)34)36-26-17-24(8)30(35-18-26)20(4)10-2/h11-17,21,24,35H,9-10,18H2,1-8H3,(H3,34,36,37,38)/b19-14+,30-20-. The van der Waals surface area contributed by atoms with Crippen LogP contribution in [0.25, 0.3) is 22.0 Å². The summed E-state index contributed by atoms with van der Waals surface area (Å²) in [4.78, 5) is 9.61. The van der Waals surface area contributed by atoms with E-state index in [0.29, 0.717) is 30.1 Å². The molecule has 0 fully saturated rings. The number of benzene rings is 2. The molecular formula is C33H43N5. The molecule has 0 bridgehead atoms. The van der Waals surface area contributed by atoms with Gasteiger partial charge in [0.1, 0.15) is 5.82 Å². The Morgan fingerprint density at radius 2 is 1.84 bits per heavy atom. The summed E-state index contributed by atoms with van der Waals surface area (Å²) in [5, 5.41) is 7.90. The number of rotatable bonds is 7. The van der Waals surface area contributed by atoms with E-state index in [4.69, 9.17) is 10.7 Å². The Kier molecular flexibility index (Phi) is 8.25. The minimum Gasteiger partial charge on any atom is -0.383 e. The van der Waals surface area contributed by atoms with E-state index >= 15 is 0 Å². The molecule has 200 valence electrons. The number of hydrogen-bond acceptors (Lipinski definition) is 5. The van der Waals surface area contributed by atoms with Gasteiger partial charge in [0.15, 0.2) is 0 Å². The largest absolute Gasteiger partial charge is 0.383 e. The van der Waals surface area contributed by atoms with E-state index < -0.39 is 0 Å². The van der Waals surface area contributed by atoms with Gasteiger partial charge in [0.05, 0.1) is 12.1 Å². The molecule has 0 saturated heterocycles. The number of fused-ring (bicyclic) bond motifs is 1. The maximum Gasteiger partial charge on any atom is 0.229 e. The molecule has 0 aliphatic carbocycles. The summed E-state index contributed by atoms with van der Waals surface area (Å²) in [5.74, 6) is 1.70. The smallest absolute Gasteiger partial charge is 0.229 e. The molecule has 2 atom stereocenters. The predicted molar refractivity (Wildman–Crippen MR) is 163 cm³/mol. The highest BCUT2D eigenvalue weighted by molar-refractivity contribution is 6.00. The van der Waals surface area contributed by atoms with Crippen molar-refractivity contribution in [2.24, 2.45) is 5.92 Å². The van der Waals surface area contributed by atoms with E-state index in [1.54, 1.807) is 0 Å². The zero-order chi connectivity index (χ0) is 27.6. The van der Waals surface area contributed by atoms with E-state index in [1.165, 1.54) is 39.1 Å². The molecule has 4 rings (SSSR count). The molecule has 1 aromatic heterocycles. The first kappa shape index (κ1) is 27.4. The van der Waals surface area contributed by atoms with Crippen LogP contribution in [0.15, 0.2) is 65.0 Å². The Bertz CT molecular complexity index is 1420. The number of para-hydroxylation sites is 1. The third-order valence-corrected chi connectivity index (χ3v) is 7.84. The van der Waals surface area contributed by atoms with Gasteiger partial charge in [-0.1, -0.05) is 75.3 Å². The van der Waals surface area contributed by atoms with Crippen LogP contribution in [0, 0.1) is 19.8 Å². The molecule has 0 radical (unpaired) electrons. The second-order valence-electron chi connectivity index (χ2n) is 10.8. The van der Waals surface area contributed by atoms with E-state index in [2.05, 4.69) is 101 Å². The highest BCUT2D eigenvalue weighted by Crippen LogP contribution is 2.36. The quantitative estimate of drug-likeness (QED) is 0.280. The molecular weight excluding hydrogens is 466 g/mol. The molecule has 0 saturated carbocycles. The maximum absolute atomic E-state index is 6.48. The molecule has 0 spiro atoms. The Balaban J connectivity index is 1.74. The number of nitrogens with two attached hydrogens (primary N) is 1. The summed E-state index contributed by atoms with van der Waals surface area (Å²) in [6.45, 7) is 18.4. The fraction of sp³-hybridized carbons (Fsp3) is 0.394. The van der Waals surface area contributed by atoms with Crippen LogP contribution in [-0.4, -0.2) is 16.5 Å². The van der Waals surface area contributed by atoms with Crippen molar-refractivity contribution >= 4 is 22.7 Å². The number of hydrogen-bond donors (Lipinski definition) is 3. The molecule has 1 aliphatic heterocycles. The first-order valence-corrected chi connectivity index (χ1v) is 13.9. The van der Waals surface area contributed by atoms with Crippen LogP contribution in [0.2, 0.25) is 0 Å². The third-order valence-electron chi connectivity index (χ3n) is 7.84. The average Bonchev–Trinajstić information content (AvgIpc) is 2.88. The monoisotopic (exact) mass is 509 g/mol. The van der Waals surface area contributed by atoms with Crippen LogP contribution >= 0.6 is 0 Å². The van der Waals surface area contributed by atoms with Crippen molar-refractivity contribution in [1.82, 2.24) is 15.3 Å². The summed E-state index contributed by atoms with van der Waals surface area (Å²) < 4.78 is 0. The molecule has 38 heavy (non-hydrogen) atoms. The Morgan fingerprint density at radius 1 is 1.13 bits per heavy atom. The molecule has 4 N–H and O–H groups in total. The Labute approximate surface area is 228 Å². The van der Waals surface area contributed by atoms with Gasteiger partial charge in [0, 0.05) is 28.3 Å². The van der Waals surface area contributed by atoms with E-state index in [1.807, 2.05) is 12.1 Å². The van der Waals surface area contributed by atoms with Gasteiger partial charge in [0.2, 0.25) is 5.95 Å². The van der Waals surface area contributed by atoms with Crippen molar-refractivity contribution < 1.29 is 0 Å². The van der Waals surface area contributed by atoms with Crippen LogP contribution in [0.1, 0.15) is 77.0 Å². The van der Waals surface area contributed by atoms with Gasteiger partial charge < -0.3 is 16.4 Å². The highest BCUT2D eigenvalue weighted by Gasteiger charge is 2.19. The molecule has 2 unspecified atom stereocenters. The number of nitrogens with zero attached hydrogens (tertiary/aromatic N) is 2. The number of nitrogens with one attached hydrogen (secondary N) is 2. The molecule has 5 heteroatoms. The number of allylic oxidation sites excluding steroid dienone is 4. The van der Waals surface area contributed by atoms with Crippen molar-refractivity contribution in [1.29, 1.82) is 0 Å². The molecule has 2 aromatic carbocycles. The Hall–Kier alpha value is -3.60. The summed E-state index contributed by atoms with van der Waals surface area (Å²) in [5.41, 5.74) is 18.6. The number of aromatic nitrogens is 2. The Morgan fingerprint density at radius 3 is 2.47 bits per heavy atom. The second kappa shape index (κ2) is 11.4. The summed E-state index contributed by atoms with van der Waals surface area (Å²) in [6.07, 6.45) is 6.75. The maximum atomic E-state index is 6.48. The highest BCUT2D eigenvalue weighted by atomic mass is 15.1. The van der Waals surface area contributed by atoms with Gasteiger partial charge in [-0.05, 0) is 74.8 Å². The topological polar surface area (TPSA) is 75.9 Å². The van der Waals surface area contributed by atoms with Gasteiger partial charge in [-0.15, -0.1) is 0 Å². The van der Waals surface area contributed by atoms with E-state index in [0.717, 1.165) is 35.0 Å². The summed E-state index contributed by atoms with van der Waals surface area (Å²) >= 11 is 0. The lowest BCUT2D eigenvalue weighted by atomic mass is 9.88. The fourth-order valence-corrected chi connectivity index (χ4v) is 5.51. The van der Waals surface area contributed by atoms with Gasteiger partial charge in [0.25, 0.3) is 0 Å². The lowest BCUT2D eigenvalue weighted by Gasteiger charge is -2.26. The van der Waals surface area contributed by atoms with Crippen LogP contribution in [0.3, 0.4) is 0 Å². The summed E-state index contributed by atoms with van der Waals surface area (Å²) in [7, 11) is 0. The zero-order valence-corrected chi connectivity index (χ0v) is 24.3. The predicted octanol–water partition coefficient (Wildman–Crippen LogP) is 8.17. The van der Waals surface area contributed by atoms with Crippen molar-refractivity contribution in [3.8, 4) is 11.1 Å². The van der Waals surface area contributed by atoms with Crippen molar-refractivity contribution in [3.05, 3.63) is 81.7 Å². The van der Waals surface area contributed by atoms with Crippen molar-refractivity contribution in [2.45, 2.75) is 74.1 Å². The minimum absolute atomic E-state index is 0.307. The molecule has 3 aromatic rings. The van der Waals surface area contributed by atoms with Gasteiger partial charge in [-0.3, -0.25) is 0 Å². The minimum atomic E-state index is 0.307. The lowest BCUT2D eigenvalue weighted by molar-refractivity contribution is 0.666. The van der Waals surface area contributed by atoms with Crippen LogP contribution in [0.4, 0.5) is 11.8 Å². The first-order chi connectivity index (χ1) is 18.1. The van der Waals surface area contributed by atoms with E-state index in [9.17, 15) is 0 Å². The zero-order valence-electron chi connectivity index (χ0n) is 24.3. The fourth-order valence-electron chi connectivity index (χ4n) is 5.51. The SMILES string of the molecule is CC/C(C)=C1\NCC(Nc2nc(N)c3cccc(-c4c(C)cc(C(C)/C=C(\C)CC)cc4C)c3n2)=CC1C. The number of nitrogen functional groups attached to an aromatic ring is 1. The van der Waals surface area contributed by atoms with Gasteiger partial charge in [-0.2, -0.15) is 4.98 Å². The number of anilines is 2. The average molecular weight is 510 g/mol. The van der Waals surface area contributed by atoms with Gasteiger partial charge in [-0.25, -0.2) is 4.98 Å². The second-order valence-corrected chi connectivity index (χ2v) is 10.8. The van der Waals surface area contributed by atoms with Crippen LogP contribution < -0.4 is 16.4 Å². The lowest BCUT2D eigenvalue weighted by Crippen LogP contribution is -2.30. The van der Waals surface area contributed by atoms with Crippen LogP contribution in [0.5, 0.6) is 0 Å². The van der Waals surface area contributed by atoms with Crippen LogP contribution in [-0.2, 0) is 0 Å². The van der Waals surface area contributed by atoms with Crippen molar-refractivity contribution in [2.75, 3.05) is 17.6 Å². The first-order valence-electron chi connectivity index (χ1n) is 13.9. The summed E-state index contributed by atoms with van der Waals surface area (Å²) in [6, 6.07) is 10.8. The molecule has 2 heterocycles. The number of aryl methyl sites for hydroxylation is 2. The third kappa shape index (κ3) is 5.62. The van der Waals surface area contributed by atoms with E-state index in [-0.39, 0.29) is 0 Å². The molecule has 5 nitrogen and oxygen atoms in total. The molecule has 0 amide bonds. The molecule has 1 aliphatic rings. The normalized spacial score (nSPS) is 18.2. The van der Waals surface area contributed by atoms with Gasteiger partial charge >= 0.3 is 0 Å². The van der Waals surface area contributed by atoms with Crippen molar-refractivity contribution in [3.63, 3.8) is 0 Å².